The Hall–Kier alpha value is -3.00. The van der Waals surface area contributed by atoms with E-state index >= 15 is 0 Å². The van der Waals surface area contributed by atoms with Crippen LogP contribution in [0.15, 0.2) is 61.1 Å². The minimum absolute atomic E-state index is 0.109. The number of halogens is 4. The molecule has 2 N–H and O–H groups in total. The molecule has 0 bridgehead atoms. The number of aliphatic hydroxyl groups is 1. The second kappa shape index (κ2) is 8.63. The Balaban J connectivity index is 1.70. The number of anilines is 1. The fourth-order valence-corrected chi connectivity index (χ4v) is 3.75. The Morgan fingerprint density at radius 3 is 2.39 bits per heavy atom. The molecule has 0 radical (unpaired) electrons. The van der Waals surface area contributed by atoms with Crippen molar-refractivity contribution in [3.63, 3.8) is 0 Å². The molecular formula is C22H15Cl2F2N3O2. The lowest BCUT2D eigenvalue weighted by atomic mass is 10.1. The zero-order valence-electron chi connectivity index (χ0n) is 15.8. The highest BCUT2D eigenvalue weighted by Gasteiger charge is 2.24. The largest absolute Gasteiger partial charge is 0.378 e. The van der Waals surface area contributed by atoms with E-state index in [0.29, 0.717) is 17.4 Å². The number of carbonyl (C=O) groups excluding carboxylic acids is 1. The van der Waals surface area contributed by atoms with Gasteiger partial charge < -0.3 is 15.0 Å². The summed E-state index contributed by atoms with van der Waals surface area (Å²) in [7, 11) is 0. The van der Waals surface area contributed by atoms with E-state index in [1.807, 2.05) is 0 Å². The molecule has 2 aromatic heterocycles. The van der Waals surface area contributed by atoms with E-state index < -0.39 is 17.8 Å². The van der Waals surface area contributed by atoms with Gasteiger partial charge in [-0.3, -0.25) is 9.78 Å². The van der Waals surface area contributed by atoms with E-state index in [-0.39, 0.29) is 27.1 Å². The second-order valence-corrected chi connectivity index (χ2v) is 7.68. The van der Waals surface area contributed by atoms with Crippen LogP contribution in [0, 0.1) is 11.6 Å². The van der Waals surface area contributed by atoms with Crippen LogP contribution in [0.1, 0.15) is 17.2 Å². The molecule has 2 heterocycles. The quantitative estimate of drug-likeness (QED) is 0.421. The first-order valence-corrected chi connectivity index (χ1v) is 9.89. The molecule has 31 heavy (non-hydrogen) atoms. The van der Waals surface area contributed by atoms with Crippen LogP contribution in [0.3, 0.4) is 0 Å². The topological polar surface area (TPSA) is 67.2 Å². The summed E-state index contributed by atoms with van der Waals surface area (Å²) in [6.07, 6.45) is 2.55. The third-order valence-corrected chi connectivity index (χ3v) is 5.36. The molecule has 0 aliphatic rings. The van der Waals surface area contributed by atoms with Crippen molar-refractivity contribution < 1.29 is 18.7 Å². The molecule has 0 fully saturated rings. The van der Waals surface area contributed by atoms with Crippen LogP contribution in [0.2, 0.25) is 10.0 Å². The van der Waals surface area contributed by atoms with E-state index in [1.54, 1.807) is 29.0 Å². The molecular weight excluding hydrogens is 447 g/mol. The molecule has 5 nitrogen and oxygen atoms in total. The molecule has 0 saturated heterocycles. The van der Waals surface area contributed by atoms with Crippen molar-refractivity contribution in [2.24, 2.45) is 0 Å². The Morgan fingerprint density at radius 1 is 1.06 bits per heavy atom. The molecule has 4 aromatic rings. The molecule has 1 unspecified atom stereocenters. The summed E-state index contributed by atoms with van der Waals surface area (Å²) in [4.78, 5) is 16.5. The number of pyridine rings is 1. The molecule has 158 valence electrons. The van der Waals surface area contributed by atoms with E-state index in [0.717, 1.165) is 5.56 Å². The van der Waals surface area contributed by atoms with Crippen molar-refractivity contribution in [1.29, 1.82) is 0 Å². The Morgan fingerprint density at radius 2 is 1.71 bits per heavy atom. The summed E-state index contributed by atoms with van der Waals surface area (Å²) in [5.41, 5.74) is 1.72. The van der Waals surface area contributed by atoms with Crippen LogP contribution in [0.5, 0.6) is 0 Å². The number of amides is 1. The van der Waals surface area contributed by atoms with Gasteiger partial charge in [-0.25, -0.2) is 8.78 Å². The van der Waals surface area contributed by atoms with Crippen molar-refractivity contribution in [2.45, 2.75) is 12.6 Å². The Labute approximate surface area is 185 Å². The van der Waals surface area contributed by atoms with Crippen molar-refractivity contribution in [3.05, 3.63) is 93.9 Å². The predicted octanol–water partition coefficient (Wildman–Crippen LogP) is 5.34. The molecule has 0 spiro atoms. The maximum atomic E-state index is 13.9. The molecule has 0 aliphatic carbocycles. The van der Waals surface area contributed by atoms with Crippen LogP contribution in [-0.2, 0) is 11.3 Å². The van der Waals surface area contributed by atoms with E-state index in [9.17, 15) is 18.7 Å². The van der Waals surface area contributed by atoms with Gasteiger partial charge in [-0.2, -0.15) is 0 Å². The molecule has 4 rings (SSSR count). The monoisotopic (exact) mass is 461 g/mol. The zero-order chi connectivity index (χ0) is 22.1. The second-order valence-electron chi connectivity index (χ2n) is 6.87. The van der Waals surface area contributed by atoms with Crippen molar-refractivity contribution in [2.75, 3.05) is 5.32 Å². The van der Waals surface area contributed by atoms with Gasteiger partial charge in [-0.15, -0.1) is 0 Å². The van der Waals surface area contributed by atoms with Gasteiger partial charge in [-0.1, -0.05) is 35.3 Å². The zero-order valence-corrected chi connectivity index (χ0v) is 17.3. The first-order valence-electron chi connectivity index (χ1n) is 9.14. The lowest BCUT2D eigenvalue weighted by Crippen LogP contribution is -2.21. The minimum atomic E-state index is -1.63. The van der Waals surface area contributed by atoms with Crippen LogP contribution >= 0.6 is 23.2 Å². The minimum Gasteiger partial charge on any atom is -0.378 e. The van der Waals surface area contributed by atoms with Crippen molar-refractivity contribution in [3.8, 4) is 0 Å². The lowest BCUT2D eigenvalue weighted by Gasteiger charge is -2.13. The average Bonchev–Trinajstić information content (AvgIpc) is 3.09. The Kier molecular flexibility index (Phi) is 5.91. The first-order chi connectivity index (χ1) is 14.8. The summed E-state index contributed by atoms with van der Waals surface area (Å²) >= 11 is 12.0. The third kappa shape index (κ3) is 4.39. The Bertz CT molecular complexity index is 1260. The van der Waals surface area contributed by atoms with E-state index in [4.69, 9.17) is 23.2 Å². The van der Waals surface area contributed by atoms with Gasteiger partial charge in [0.05, 0.1) is 15.7 Å². The van der Waals surface area contributed by atoms with Crippen molar-refractivity contribution >= 4 is 45.7 Å². The number of nitrogens with zero attached hydrogens (tertiary/aromatic N) is 2. The maximum absolute atomic E-state index is 13.9. The number of hydrogen-bond donors (Lipinski definition) is 2. The third-order valence-electron chi connectivity index (χ3n) is 4.78. The van der Waals surface area contributed by atoms with Gasteiger partial charge in [0, 0.05) is 41.6 Å². The molecule has 0 saturated carbocycles. The smallest absolute Gasteiger partial charge is 0.258 e. The maximum Gasteiger partial charge on any atom is 0.258 e. The molecule has 1 atom stereocenters. The predicted molar refractivity (Wildman–Crippen MR) is 115 cm³/mol. The standard InChI is InChI=1S/C22H15Cl2F2N3O2/c23-17-8-27-9-18(24)20(17)28-22(31)21(30)16-11-29(10-12-1-3-13(25)4-2-12)19-6-5-14(26)7-15(16)19/h1-9,11,21,30H,10H2,(H,27,28,31). The highest BCUT2D eigenvalue weighted by atomic mass is 35.5. The molecule has 9 heteroatoms. The number of fused-ring (bicyclic) bond motifs is 1. The summed E-state index contributed by atoms with van der Waals surface area (Å²) in [6.45, 7) is 0.332. The number of nitrogens with one attached hydrogen (secondary N) is 1. The molecule has 2 aromatic carbocycles. The summed E-state index contributed by atoms with van der Waals surface area (Å²) in [5, 5.41) is 13.8. The first kappa shape index (κ1) is 21.2. The van der Waals surface area contributed by atoms with E-state index in [2.05, 4.69) is 10.3 Å². The van der Waals surface area contributed by atoms with Crippen LogP contribution < -0.4 is 5.32 Å². The van der Waals surface area contributed by atoms with Gasteiger partial charge in [0.2, 0.25) is 0 Å². The van der Waals surface area contributed by atoms with Gasteiger partial charge in [0.15, 0.2) is 6.10 Å². The van der Waals surface area contributed by atoms with Crippen LogP contribution in [-0.4, -0.2) is 20.6 Å². The van der Waals surface area contributed by atoms with Gasteiger partial charge in [0.25, 0.3) is 5.91 Å². The number of aliphatic hydroxyl groups excluding tert-OH is 1. The summed E-state index contributed by atoms with van der Waals surface area (Å²) in [5.74, 6) is -1.66. The SMILES string of the molecule is O=C(Nc1c(Cl)cncc1Cl)C(O)c1cn(Cc2ccc(F)cc2)c2ccc(F)cc12. The average molecular weight is 462 g/mol. The van der Waals surface area contributed by atoms with Crippen molar-refractivity contribution in [1.82, 2.24) is 9.55 Å². The summed E-state index contributed by atoms with van der Waals surface area (Å²) in [6, 6.07) is 10.0. The number of hydrogen-bond acceptors (Lipinski definition) is 3. The fourth-order valence-electron chi connectivity index (χ4n) is 3.30. The summed E-state index contributed by atoms with van der Waals surface area (Å²) < 4.78 is 28.9. The van der Waals surface area contributed by atoms with Crippen LogP contribution in [0.4, 0.5) is 14.5 Å². The number of aromatic nitrogens is 2. The van der Waals surface area contributed by atoms with Gasteiger partial charge >= 0.3 is 0 Å². The normalized spacial score (nSPS) is 12.2. The van der Waals surface area contributed by atoms with Crippen LogP contribution in [0.25, 0.3) is 10.9 Å². The number of benzene rings is 2. The molecule has 1 amide bonds. The highest BCUT2D eigenvalue weighted by Crippen LogP contribution is 2.32. The fraction of sp³-hybridized carbons (Fsp3) is 0.0909. The molecule has 0 aliphatic heterocycles. The highest BCUT2D eigenvalue weighted by molar-refractivity contribution is 6.39. The number of rotatable bonds is 5. The van der Waals surface area contributed by atoms with Gasteiger partial charge in [-0.05, 0) is 35.9 Å². The lowest BCUT2D eigenvalue weighted by molar-refractivity contribution is -0.124. The number of carbonyl (C=O) groups is 1. The van der Waals surface area contributed by atoms with E-state index in [1.165, 1.54) is 36.7 Å². The van der Waals surface area contributed by atoms with Gasteiger partial charge in [0.1, 0.15) is 11.6 Å².